The standard InChI is InChI=1S/C17H20N2/c1-13(15-10-7-8-12-18-15)19-16-11-6-5-9-14(16)17(2,3)4/h5-12H,1-4H3. The van der Waals surface area contributed by atoms with Crippen LogP contribution in [-0.2, 0) is 5.41 Å². The van der Waals surface area contributed by atoms with Gasteiger partial charge < -0.3 is 0 Å². The van der Waals surface area contributed by atoms with E-state index in [0.717, 1.165) is 17.1 Å². The summed E-state index contributed by atoms with van der Waals surface area (Å²) < 4.78 is 0. The van der Waals surface area contributed by atoms with Gasteiger partial charge in [0.2, 0.25) is 0 Å². The predicted octanol–water partition coefficient (Wildman–Crippen LogP) is 4.52. The molecule has 2 heteroatoms. The van der Waals surface area contributed by atoms with Crippen LogP contribution in [0.1, 0.15) is 39.0 Å². The molecule has 0 fully saturated rings. The molecule has 0 bridgehead atoms. The van der Waals surface area contributed by atoms with E-state index < -0.39 is 0 Å². The van der Waals surface area contributed by atoms with Crippen LogP contribution in [0.4, 0.5) is 5.69 Å². The Balaban J connectivity index is 2.44. The van der Waals surface area contributed by atoms with Crippen molar-refractivity contribution >= 4 is 11.4 Å². The third-order valence-electron chi connectivity index (χ3n) is 3.04. The van der Waals surface area contributed by atoms with Gasteiger partial charge in [-0.15, -0.1) is 0 Å². The highest BCUT2D eigenvalue weighted by Crippen LogP contribution is 2.31. The molecule has 0 saturated carbocycles. The van der Waals surface area contributed by atoms with E-state index in [0.29, 0.717) is 0 Å². The largest absolute Gasteiger partial charge is 0.255 e. The Morgan fingerprint density at radius 1 is 1.00 bits per heavy atom. The molecule has 2 aromatic rings. The van der Waals surface area contributed by atoms with Gasteiger partial charge in [0, 0.05) is 6.20 Å². The summed E-state index contributed by atoms with van der Waals surface area (Å²) in [4.78, 5) is 9.09. The molecule has 98 valence electrons. The van der Waals surface area contributed by atoms with Gasteiger partial charge in [-0.05, 0) is 36.1 Å². The van der Waals surface area contributed by atoms with Crippen LogP contribution in [-0.4, -0.2) is 10.7 Å². The maximum Gasteiger partial charge on any atom is 0.0841 e. The van der Waals surface area contributed by atoms with E-state index in [9.17, 15) is 0 Å². The third kappa shape index (κ3) is 3.28. The number of pyridine rings is 1. The van der Waals surface area contributed by atoms with Crippen LogP contribution < -0.4 is 0 Å². The van der Waals surface area contributed by atoms with E-state index in [2.05, 4.69) is 44.0 Å². The number of rotatable bonds is 2. The monoisotopic (exact) mass is 252 g/mol. The van der Waals surface area contributed by atoms with E-state index in [1.165, 1.54) is 5.56 Å². The van der Waals surface area contributed by atoms with Crippen molar-refractivity contribution in [1.82, 2.24) is 4.98 Å². The van der Waals surface area contributed by atoms with E-state index >= 15 is 0 Å². The van der Waals surface area contributed by atoms with Gasteiger partial charge in [0.05, 0.1) is 17.1 Å². The SMILES string of the molecule is CC(=Nc1ccccc1C(C)(C)C)c1ccccn1. The number of aliphatic imine (C=N–C) groups is 1. The second-order valence-corrected chi connectivity index (χ2v) is 5.68. The highest BCUT2D eigenvalue weighted by molar-refractivity contribution is 5.98. The Labute approximate surface area is 115 Å². The maximum atomic E-state index is 4.75. The van der Waals surface area contributed by atoms with Crippen molar-refractivity contribution in [3.63, 3.8) is 0 Å². The smallest absolute Gasteiger partial charge is 0.0841 e. The zero-order valence-corrected chi connectivity index (χ0v) is 12.0. The maximum absolute atomic E-state index is 4.75. The summed E-state index contributed by atoms with van der Waals surface area (Å²) in [6, 6.07) is 14.2. The minimum Gasteiger partial charge on any atom is -0.255 e. The van der Waals surface area contributed by atoms with Gasteiger partial charge in [0.15, 0.2) is 0 Å². The van der Waals surface area contributed by atoms with Crippen molar-refractivity contribution in [3.05, 3.63) is 59.9 Å². The number of para-hydroxylation sites is 1. The Hall–Kier alpha value is -1.96. The van der Waals surface area contributed by atoms with Crippen LogP contribution in [0, 0.1) is 0 Å². The van der Waals surface area contributed by atoms with Crippen LogP contribution in [0.5, 0.6) is 0 Å². The van der Waals surface area contributed by atoms with Crippen molar-refractivity contribution in [2.75, 3.05) is 0 Å². The van der Waals surface area contributed by atoms with Crippen LogP contribution >= 0.6 is 0 Å². The molecule has 19 heavy (non-hydrogen) atoms. The van der Waals surface area contributed by atoms with Crippen molar-refractivity contribution in [2.24, 2.45) is 4.99 Å². The van der Waals surface area contributed by atoms with Crippen LogP contribution in [0.15, 0.2) is 53.7 Å². The van der Waals surface area contributed by atoms with E-state index in [4.69, 9.17) is 4.99 Å². The number of benzene rings is 1. The summed E-state index contributed by atoms with van der Waals surface area (Å²) in [5, 5.41) is 0. The molecule has 0 aliphatic carbocycles. The van der Waals surface area contributed by atoms with Gasteiger partial charge in [0.1, 0.15) is 0 Å². The van der Waals surface area contributed by atoms with E-state index in [1.807, 2.05) is 31.2 Å². The fourth-order valence-electron chi connectivity index (χ4n) is 2.02. The topological polar surface area (TPSA) is 25.2 Å². The third-order valence-corrected chi connectivity index (χ3v) is 3.04. The molecule has 0 atom stereocenters. The summed E-state index contributed by atoms with van der Waals surface area (Å²) >= 11 is 0. The quantitative estimate of drug-likeness (QED) is 0.721. The summed E-state index contributed by atoms with van der Waals surface area (Å²) in [5.74, 6) is 0. The minimum absolute atomic E-state index is 0.0878. The first-order chi connectivity index (χ1) is 8.98. The van der Waals surface area contributed by atoms with Gasteiger partial charge >= 0.3 is 0 Å². The lowest BCUT2D eigenvalue weighted by molar-refractivity contribution is 0.591. The van der Waals surface area contributed by atoms with Crippen LogP contribution in [0.3, 0.4) is 0 Å². The summed E-state index contributed by atoms with van der Waals surface area (Å²) in [7, 11) is 0. The number of aromatic nitrogens is 1. The average Bonchev–Trinajstić information content (AvgIpc) is 2.39. The molecule has 0 aliphatic heterocycles. The number of nitrogens with zero attached hydrogens (tertiary/aromatic N) is 2. The molecule has 0 radical (unpaired) electrons. The lowest BCUT2D eigenvalue weighted by Crippen LogP contribution is -2.11. The molecule has 1 aromatic carbocycles. The average molecular weight is 252 g/mol. The zero-order valence-electron chi connectivity index (χ0n) is 12.0. The molecule has 0 saturated heterocycles. The highest BCUT2D eigenvalue weighted by atomic mass is 14.8. The van der Waals surface area contributed by atoms with Crippen LogP contribution in [0.25, 0.3) is 0 Å². The molecule has 0 unspecified atom stereocenters. The first kappa shape index (κ1) is 13.5. The van der Waals surface area contributed by atoms with Crippen molar-refractivity contribution in [1.29, 1.82) is 0 Å². The van der Waals surface area contributed by atoms with Gasteiger partial charge in [-0.25, -0.2) is 0 Å². The summed E-state index contributed by atoms with van der Waals surface area (Å²) in [6.45, 7) is 8.62. The van der Waals surface area contributed by atoms with Crippen molar-refractivity contribution in [2.45, 2.75) is 33.1 Å². The molecular formula is C17H20N2. The van der Waals surface area contributed by atoms with Gasteiger partial charge in [-0.3, -0.25) is 9.98 Å². The highest BCUT2D eigenvalue weighted by Gasteiger charge is 2.17. The molecule has 0 amide bonds. The lowest BCUT2D eigenvalue weighted by atomic mass is 9.86. The Morgan fingerprint density at radius 2 is 1.68 bits per heavy atom. The molecule has 0 N–H and O–H groups in total. The summed E-state index contributed by atoms with van der Waals surface area (Å²) in [6.07, 6.45) is 1.80. The predicted molar refractivity (Wildman–Crippen MR) is 81.3 cm³/mol. The van der Waals surface area contributed by atoms with Gasteiger partial charge in [0.25, 0.3) is 0 Å². The number of hydrogen-bond donors (Lipinski definition) is 0. The lowest BCUT2D eigenvalue weighted by Gasteiger charge is -2.21. The second kappa shape index (κ2) is 5.35. The fourth-order valence-corrected chi connectivity index (χ4v) is 2.02. The van der Waals surface area contributed by atoms with E-state index in [-0.39, 0.29) is 5.41 Å². The molecule has 0 aliphatic rings. The minimum atomic E-state index is 0.0878. The summed E-state index contributed by atoms with van der Waals surface area (Å²) in [5.41, 5.74) is 4.23. The first-order valence-electron chi connectivity index (χ1n) is 6.55. The Kier molecular flexibility index (Phi) is 3.79. The number of hydrogen-bond acceptors (Lipinski definition) is 2. The second-order valence-electron chi connectivity index (χ2n) is 5.68. The zero-order chi connectivity index (χ0) is 13.9. The Morgan fingerprint density at radius 3 is 2.32 bits per heavy atom. The first-order valence-corrected chi connectivity index (χ1v) is 6.55. The van der Waals surface area contributed by atoms with Crippen molar-refractivity contribution in [3.8, 4) is 0 Å². The fraction of sp³-hybridized carbons (Fsp3) is 0.294. The molecule has 1 aromatic heterocycles. The normalized spacial score (nSPS) is 12.5. The molecule has 2 nitrogen and oxygen atoms in total. The van der Waals surface area contributed by atoms with Gasteiger partial charge in [-0.1, -0.05) is 45.0 Å². The van der Waals surface area contributed by atoms with Gasteiger partial charge in [-0.2, -0.15) is 0 Å². The molecule has 0 spiro atoms. The molecular weight excluding hydrogens is 232 g/mol. The molecule has 2 rings (SSSR count). The Bertz CT molecular complexity index is 578. The van der Waals surface area contributed by atoms with E-state index in [1.54, 1.807) is 6.20 Å². The van der Waals surface area contributed by atoms with Crippen molar-refractivity contribution < 1.29 is 0 Å². The van der Waals surface area contributed by atoms with Crippen LogP contribution in [0.2, 0.25) is 0 Å². The molecule has 1 heterocycles.